The van der Waals surface area contributed by atoms with Crippen molar-refractivity contribution in [2.75, 3.05) is 26.2 Å². The van der Waals surface area contributed by atoms with Gasteiger partial charge in [-0.3, -0.25) is 4.90 Å². The molecular formula is C29H36BrF2N5O3. The number of piperidine rings is 1. The maximum Gasteiger partial charge on any atom is 0.410 e. The van der Waals surface area contributed by atoms with Crippen molar-refractivity contribution in [3.05, 3.63) is 27.6 Å². The van der Waals surface area contributed by atoms with Crippen LogP contribution in [0.5, 0.6) is 6.01 Å². The van der Waals surface area contributed by atoms with Crippen molar-refractivity contribution in [3.8, 4) is 12.1 Å². The molecule has 3 saturated heterocycles. The zero-order valence-corrected chi connectivity index (χ0v) is 25.2. The highest BCUT2D eigenvalue weighted by Gasteiger charge is 2.49. The number of amides is 1. The van der Waals surface area contributed by atoms with Gasteiger partial charge in [-0.05, 0) is 81.4 Å². The summed E-state index contributed by atoms with van der Waals surface area (Å²) in [6, 6.07) is 3.53. The van der Waals surface area contributed by atoms with E-state index >= 15 is 4.39 Å². The van der Waals surface area contributed by atoms with E-state index in [0.29, 0.717) is 37.0 Å². The molecule has 4 heterocycles. The maximum atomic E-state index is 15.6. The van der Waals surface area contributed by atoms with Crippen LogP contribution in [0.2, 0.25) is 0 Å². The summed E-state index contributed by atoms with van der Waals surface area (Å²) in [5, 5.41) is 10.1. The van der Waals surface area contributed by atoms with Crippen LogP contribution in [0.15, 0.2) is 10.5 Å². The smallest absolute Gasteiger partial charge is 0.410 e. The van der Waals surface area contributed by atoms with E-state index in [4.69, 9.17) is 14.5 Å². The van der Waals surface area contributed by atoms with Crippen molar-refractivity contribution >= 4 is 32.9 Å². The van der Waals surface area contributed by atoms with Crippen LogP contribution in [0.4, 0.5) is 13.6 Å². The van der Waals surface area contributed by atoms with Gasteiger partial charge in [-0.1, -0.05) is 6.92 Å². The highest BCUT2D eigenvalue weighted by molar-refractivity contribution is 9.10. The van der Waals surface area contributed by atoms with E-state index in [-0.39, 0.29) is 52.1 Å². The van der Waals surface area contributed by atoms with Crippen LogP contribution in [-0.2, 0) is 4.74 Å². The molecule has 0 spiro atoms. The van der Waals surface area contributed by atoms with Crippen molar-refractivity contribution in [1.82, 2.24) is 19.8 Å². The first kappa shape index (κ1) is 28.9. The fraction of sp³-hybridized carbons (Fsp3) is 0.655. The quantitative estimate of drug-likeness (QED) is 0.408. The molecule has 1 amide bonds. The molecule has 5 rings (SSSR count). The van der Waals surface area contributed by atoms with Gasteiger partial charge in [0.2, 0.25) is 0 Å². The van der Waals surface area contributed by atoms with Gasteiger partial charge >= 0.3 is 12.1 Å². The number of carbonyl (C=O) groups is 1. The summed E-state index contributed by atoms with van der Waals surface area (Å²) in [7, 11) is 0. The second-order valence-electron chi connectivity index (χ2n) is 12.6. The van der Waals surface area contributed by atoms with Crippen molar-refractivity contribution in [2.45, 2.75) is 89.6 Å². The van der Waals surface area contributed by atoms with Crippen molar-refractivity contribution in [3.63, 3.8) is 0 Å². The van der Waals surface area contributed by atoms with E-state index in [9.17, 15) is 14.4 Å². The lowest BCUT2D eigenvalue weighted by Gasteiger charge is -2.42. The Balaban J connectivity index is 1.50. The molecule has 3 fully saturated rings. The molecule has 11 heteroatoms. The van der Waals surface area contributed by atoms with E-state index in [2.05, 4.69) is 25.8 Å². The molecule has 1 unspecified atom stereocenters. The van der Waals surface area contributed by atoms with Crippen LogP contribution in [-0.4, -0.2) is 75.5 Å². The molecule has 40 heavy (non-hydrogen) atoms. The predicted molar refractivity (Wildman–Crippen MR) is 149 cm³/mol. The summed E-state index contributed by atoms with van der Waals surface area (Å²) in [4.78, 5) is 26.0. The van der Waals surface area contributed by atoms with Crippen LogP contribution in [0.25, 0.3) is 10.9 Å². The van der Waals surface area contributed by atoms with E-state index in [1.165, 1.54) is 0 Å². The molecule has 0 bridgehead atoms. The Morgan fingerprint density at radius 3 is 2.75 bits per heavy atom. The Hall–Kier alpha value is -2.58. The number of rotatable bonds is 4. The standard InChI is InChI=1S/C29H36BrF2N5O3/c1-16-13-37(27(38)40-28(3,4)5)17(2)9-20(16)24-21-10-18(12-33)22(30)23(32)25(21)35-26(34-24)39-15-29-7-6-8-36(29)14-19(31)11-29/h10,16-17,19-20H,6-9,11,13-15H2,1-5H3/t16-,17+,19+,20?,29-/m0/s1. The normalized spacial score (nSPS) is 28.9. The first-order chi connectivity index (χ1) is 18.8. The van der Waals surface area contributed by atoms with Crippen LogP contribution in [0.3, 0.4) is 0 Å². The fourth-order valence-corrected chi connectivity index (χ4v) is 6.97. The van der Waals surface area contributed by atoms with Gasteiger partial charge in [-0.25, -0.2) is 13.6 Å². The number of halogens is 3. The number of carbonyl (C=O) groups excluding carboxylic acids is 1. The van der Waals surface area contributed by atoms with Crippen LogP contribution < -0.4 is 4.74 Å². The Labute approximate surface area is 242 Å². The molecule has 3 aliphatic heterocycles. The minimum atomic E-state index is -0.896. The van der Waals surface area contributed by atoms with E-state index < -0.39 is 23.1 Å². The molecule has 5 atom stereocenters. The number of nitriles is 1. The molecule has 0 N–H and O–H groups in total. The third-order valence-electron chi connectivity index (χ3n) is 8.51. The number of benzene rings is 1. The molecule has 0 radical (unpaired) electrons. The highest BCUT2D eigenvalue weighted by Crippen LogP contribution is 2.42. The van der Waals surface area contributed by atoms with Gasteiger partial charge in [0.1, 0.15) is 30.0 Å². The first-order valence-corrected chi connectivity index (χ1v) is 14.7. The molecule has 0 aliphatic carbocycles. The Kier molecular flexibility index (Phi) is 7.72. The third kappa shape index (κ3) is 5.37. The molecule has 2 aromatic rings. The molecule has 0 saturated carbocycles. The lowest BCUT2D eigenvalue weighted by atomic mass is 9.80. The Morgan fingerprint density at radius 2 is 2.05 bits per heavy atom. The van der Waals surface area contributed by atoms with Crippen molar-refractivity contribution in [1.29, 1.82) is 5.26 Å². The second-order valence-corrected chi connectivity index (χ2v) is 13.4. The van der Waals surface area contributed by atoms with Gasteiger partial charge in [0.05, 0.1) is 21.3 Å². The number of likely N-dealkylation sites (tertiary alicyclic amines) is 1. The van der Waals surface area contributed by atoms with E-state index in [1.807, 2.05) is 40.7 Å². The summed E-state index contributed by atoms with van der Waals surface area (Å²) < 4.78 is 41.7. The molecule has 8 nitrogen and oxygen atoms in total. The molecule has 216 valence electrons. The number of fused-ring (bicyclic) bond motifs is 2. The lowest BCUT2D eigenvalue weighted by Crippen LogP contribution is -2.49. The SMILES string of the molecule is C[C@@H]1CC(c2nc(OC[C@@]34CCCN3C[C@H](F)C4)nc3c(F)c(Br)c(C#N)cc23)[C@@H](C)CN1C(=O)OC(C)(C)C. The molecule has 3 aliphatic rings. The van der Waals surface area contributed by atoms with Crippen LogP contribution >= 0.6 is 15.9 Å². The van der Waals surface area contributed by atoms with Crippen LogP contribution in [0, 0.1) is 23.1 Å². The number of hydrogen-bond donors (Lipinski definition) is 0. The van der Waals surface area contributed by atoms with E-state index in [1.54, 1.807) is 11.0 Å². The fourth-order valence-electron chi connectivity index (χ4n) is 6.58. The molecular weight excluding hydrogens is 584 g/mol. The molecule has 1 aromatic carbocycles. The topological polar surface area (TPSA) is 91.6 Å². The minimum absolute atomic E-state index is 0.0379. The number of ether oxygens (including phenoxy) is 2. The van der Waals surface area contributed by atoms with Gasteiger partial charge in [-0.15, -0.1) is 0 Å². The number of nitrogens with zero attached hydrogens (tertiary/aromatic N) is 5. The lowest BCUT2D eigenvalue weighted by molar-refractivity contribution is 0.00347. The van der Waals surface area contributed by atoms with Gasteiger partial charge in [0.25, 0.3) is 0 Å². The Bertz CT molecular complexity index is 1360. The molecule has 1 aromatic heterocycles. The van der Waals surface area contributed by atoms with Gasteiger partial charge in [-0.2, -0.15) is 15.2 Å². The van der Waals surface area contributed by atoms with Gasteiger partial charge in [0, 0.05) is 36.9 Å². The first-order valence-electron chi connectivity index (χ1n) is 13.9. The zero-order chi connectivity index (χ0) is 29.0. The highest BCUT2D eigenvalue weighted by atomic mass is 79.9. The predicted octanol–water partition coefficient (Wildman–Crippen LogP) is 6.11. The monoisotopic (exact) mass is 619 g/mol. The number of aromatic nitrogens is 2. The largest absolute Gasteiger partial charge is 0.461 e. The Morgan fingerprint density at radius 1 is 1.30 bits per heavy atom. The van der Waals surface area contributed by atoms with Crippen molar-refractivity contribution < 1.29 is 23.0 Å². The number of alkyl halides is 1. The van der Waals surface area contributed by atoms with Crippen molar-refractivity contribution in [2.24, 2.45) is 5.92 Å². The van der Waals surface area contributed by atoms with Crippen LogP contribution in [0.1, 0.15) is 77.5 Å². The third-order valence-corrected chi connectivity index (χ3v) is 9.28. The summed E-state index contributed by atoms with van der Waals surface area (Å²) in [6.45, 7) is 11.4. The zero-order valence-electron chi connectivity index (χ0n) is 23.6. The summed E-state index contributed by atoms with van der Waals surface area (Å²) >= 11 is 3.21. The van der Waals surface area contributed by atoms with Gasteiger partial charge < -0.3 is 14.4 Å². The average Bonchev–Trinajstić information content (AvgIpc) is 3.40. The summed E-state index contributed by atoms with van der Waals surface area (Å²) in [5.41, 5.74) is -0.212. The minimum Gasteiger partial charge on any atom is -0.461 e. The second kappa shape index (κ2) is 10.7. The number of hydrogen-bond acceptors (Lipinski definition) is 7. The summed E-state index contributed by atoms with van der Waals surface area (Å²) in [5.74, 6) is -0.853. The maximum absolute atomic E-state index is 15.6. The average molecular weight is 621 g/mol. The van der Waals surface area contributed by atoms with Gasteiger partial charge in [0.15, 0.2) is 5.82 Å². The summed E-state index contributed by atoms with van der Waals surface area (Å²) in [6.07, 6.45) is 1.50. The van der Waals surface area contributed by atoms with E-state index in [0.717, 1.165) is 19.4 Å².